The van der Waals surface area contributed by atoms with E-state index in [1.165, 1.54) is 27.4 Å². The molecule has 7 aromatic carbocycles. The summed E-state index contributed by atoms with van der Waals surface area (Å²) in [6.45, 7) is 0.800. The number of hydrogen-bond acceptors (Lipinski definition) is 3. The Hall–Kier alpha value is -6.78. The maximum atomic E-state index is 6.96. The number of fused-ring (bicyclic) bond motifs is 11. The Labute approximate surface area is 301 Å². The first-order valence-electron chi connectivity index (χ1n) is 17.8. The topological polar surface area (TPSA) is 35.4 Å². The van der Waals surface area contributed by atoms with Crippen LogP contribution in [0.1, 0.15) is 27.8 Å². The molecule has 0 fully saturated rings. The molecule has 4 nitrogen and oxygen atoms in total. The first-order chi connectivity index (χ1) is 25.8. The monoisotopic (exact) mass is 668 g/mol. The largest absolute Gasteiger partial charge is 0.457 e. The van der Waals surface area contributed by atoms with Crippen molar-refractivity contribution in [2.45, 2.75) is 5.41 Å². The van der Waals surface area contributed by atoms with Crippen LogP contribution in [0.25, 0.3) is 44.3 Å². The van der Waals surface area contributed by atoms with Crippen molar-refractivity contribution in [2.75, 3.05) is 6.54 Å². The summed E-state index contributed by atoms with van der Waals surface area (Å²) in [6, 6.07) is 56.4. The highest BCUT2D eigenvalue weighted by Crippen LogP contribution is 2.62. The molecule has 52 heavy (non-hydrogen) atoms. The van der Waals surface area contributed by atoms with Crippen LogP contribution in [0.5, 0.6) is 23.0 Å². The van der Waals surface area contributed by atoms with Crippen LogP contribution < -0.4 is 14.8 Å². The fraction of sp³-hybridized carbons (Fsp3) is 0.0417. The molecule has 0 aliphatic carbocycles. The van der Waals surface area contributed by atoms with E-state index >= 15 is 0 Å². The number of nitrogens with one attached hydrogen (secondary N) is 1. The standard InChI is InChI=1S/C48H32N2O2/c1-2-13-33(14-3-1)50-41-20-7-4-15-35(41)47-34(16-12-21-42(47)50)31-25-27-45-39(29-31)48(36-17-5-8-22-43(36)51-44-23-9-6-18-37(44)48)38-26-24-32(30-46(38)52-45)40-19-10-11-28-49-40/h1-27,29-30,49H,28H2. The molecule has 1 aromatic heterocycles. The third-order valence-electron chi connectivity index (χ3n) is 10.9. The molecule has 0 radical (unpaired) electrons. The number of nitrogens with zero attached hydrogens (tertiary/aromatic N) is 1. The van der Waals surface area contributed by atoms with E-state index in [-0.39, 0.29) is 0 Å². The van der Waals surface area contributed by atoms with E-state index in [9.17, 15) is 0 Å². The Morgan fingerprint density at radius 3 is 2.00 bits per heavy atom. The van der Waals surface area contributed by atoms with Gasteiger partial charge in [0.05, 0.1) is 16.4 Å². The Balaban J connectivity index is 1.21. The normalized spacial score (nSPS) is 14.7. The summed E-state index contributed by atoms with van der Waals surface area (Å²) < 4.78 is 16.0. The van der Waals surface area contributed by atoms with Crippen molar-refractivity contribution in [3.63, 3.8) is 0 Å². The number of aromatic nitrogens is 1. The van der Waals surface area contributed by atoms with Gasteiger partial charge in [-0.2, -0.15) is 0 Å². The van der Waals surface area contributed by atoms with Crippen LogP contribution in [0, 0.1) is 0 Å². The summed E-state index contributed by atoms with van der Waals surface area (Å²) in [7, 11) is 0. The molecule has 1 N–H and O–H groups in total. The molecule has 0 saturated carbocycles. The fourth-order valence-electron chi connectivity index (χ4n) is 8.78. The molecule has 3 aliphatic heterocycles. The van der Waals surface area contributed by atoms with Gasteiger partial charge in [0.15, 0.2) is 0 Å². The smallest absolute Gasteiger partial charge is 0.132 e. The maximum Gasteiger partial charge on any atom is 0.132 e. The van der Waals surface area contributed by atoms with Gasteiger partial charge in [-0.05, 0) is 71.8 Å². The molecule has 0 unspecified atom stereocenters. The van der Waals surface area contributed by atoms with Gasteiger partial charge in [0, 0.05) is 56.5 Å². The van der Waals surface area contributed by atoms with E-state index < -0.39 is 5.41 Å². The quantitative estimate of drug-likeness (QED) is 0.204. The number of para-hydroxylation sites is 4. The van der Waals surface area contributed by atoms with Crippen LogP contribution >= 0.6 is 0 Å². The third-order valence-corrected chi connectivity index (χ3v) is 10.9. The van der Waals surface area contributed by atoms with Crippen molar-refractivity contribution in [1.29, 1.82) is 0 Å². The average Bonchev–Trinajstić information content (AvgIpc) is 3.56. The van der Waals surface area contributed by atoms with Gasteiger partial charge in [0.1, 0.15) is 23.0 Å². The number of allylic oxidation sites excluding steroid dienone is 2. The number of ether oxygens (including phenoxy) is 2. The molecule has 0 atom stereocenters. The Morgan fingerprint density at radius 1 is 0.519 bits per heavy atom. The molecular weight excluding hydrogens is 637 g/mol. The van der Waals surface area contributed by atoms with Gasteiger partial charge in [0.25, 0.3) is 0 Å². The third kappa shape index (κ3) is 4.03. The molecule has 0 amide bonds. The van der Waals surface area contributed by atoms with Gasteiger partial charge < -0.3 is 19.4 Å². The van der Waals surface area contributed by atoms with Crippen molar-refractivity contribution in [3.8, 4) is 39.8 Å². The van der Waals surface area contributed by atoms with E-state index in [1.807, 2.05) is 0 Å². The predicted octanol–water partition coefficient (Wildman–Crippen LogP) is 11.5. The number of benzene rings is 7. The van der Waals surface area contributed by atoms with Crippen molar-refractivity contribution < 1.29 is 9.47 Å². The summed E-state index contributed by atoms with van der Waals surface area (Å²) in [4.78, 5) is 0. The van der Waals surface area contributed by atoms with Crippen LogP contribution in [-0.4, -0.2) is 11.1 Å². The SMILES string of the molecule is C1=CCNC(c2ccc3c(c2)Oc2ccc(-c4cccc5c4c4ccccc4n5-c4ccccc4)cc2C32c3ccccc3Oc3ccccc32)=C1. The summed E-state index contributed by atoms with van der Waals surface area (Å²) in [5.74, 6) is 3.38. The zero-order valence-electron chi connectivity index (χ0n) is 28.2. The van der Waals surface area contributed by atoms with E-state index in [0.29, 0.717) is 0 Å². The molecule has 246 valence electrons. The lowest BCUT2D eigenvalue weighted by atomic mass is 9.62. The Kier molecular flexibility index (Phi) is 6.20. The van der Waals surface area contributed by atoms with E-state index in [2.05, 4.69) is 186 Å². The van der Waals surface area contributed by atoms with Crippen molar-refractivity contribution >= 4 is 27.5 Å². The zero-order valence-corrected chi connectivity index (χ0v) is 28.2. The highest BCUT2D eigenvalue weighted by Gasteiger charge is 2.50. The van der Waals surface area contributed by atoms with Crippen LogP contribution in [0.2, 0.25) is 0 Å². The summed E-state index contributed by atoms with van der Waals surface area (Å²) >= 11 is 0. The number of dihydropyridines is 1. The Bertz CT molecular complexity index is 2760. The molecule has 0 saturated heterocycles. The molecule has 3 aliphatic rings. The summed E-state index contributed by atoms with van der Waals surface area (Å²) in [6.07, 6.45) is 6.35. The second kappa shape index (κ2) is 11.1. The minimum absolute atomic E-state index is 0.691. The summed E-state index contributed by atoms with van der Waals surface area (Å²) in [5.41, 5.74) is 11.7. The minimum atomic E-state index is -0.691. The van der Waals surface area contributed by atoms with Gasteiger partial charge in [-0.3, -0.25) is 0 Å². The van der Waals surface area contributed by atoms with Crippen molar-refractivity contribution in [1.82, 2.24) is 9.88 Å². The van der Waals surface area contributed by atoms with Gasteiger partial charge in [-0.15, -0.1) is 0 Å². The molecule has 4 heterocycles. The highest BCUT2D eigenvalue weighted by molar-refractivity contribution is 6.15. The minimum Gasteiger partial charge on any atom is -0.457 e. The summed E-state index contributed by atoms with van der Waals surface area (Å²) in [5, 5.41) is 5.98. The van der Waals surface area contributed by atoms with Gasteiger partial charge in [0.2, 0.25) is 0 Å². The van der Waals surface area contributed by atoms with E-state index in [4.69, 9.17) is 9.47 Å². The second-order valence-electron chi connectivity index (χ2n) is 13.6. The average molecular weight is 669 g/mol. The molecule has 0 bridgehead atoms. The molecule has 11 rings (SSSR count). The molecule has 1 spiro atoms. The number of rotatable bonds is 3. The van der Waals surface area contributed by atoms with E-state index in [0.717, 1.165) is 74.3 Å². The van der Waals surface area contributed by atoms with E-state index in [1.54, 1.807) is 0 Å². The van der Waals surface area contributed by atoms with Crippen LogP contribution in [0.3, 0.4) is 0 Å². The second-order valence-corrected chi connectivity index (χ2v) is 13.6. The van der Waals surface area contributed by atoms with Crippen LogP contribution in [-0.2, 0) is 5.41 Å². The van der Waals surface area contributed by atoms with Gasteiger partial charge in [-0.1, -0.05) is 115 Å². The van der Waals surface area contributed by atoms with Gasteiger partial charge in [-0.25, -0.2) is 0 Å². The number of hydrogen-bond donors (Lipinski definition) is 1. The van der Waals surface area contributed by atoms with Crippen molar-refractivity contribution in [3.05, 3.63) is 204 Å². The van der Waals surface area contributed by atoms with Crippen LogP contribution in [0.4, 0.5) is 0 Å². The molecule has 8 aromatic rings. The van der Waals surface area contributed by atoms with Crippen molar-refractivity contribution in [2.24, 2.45) is 0 Å². The predicted molar refractivity (Wildman–Crippen MR) is 210 cm³/mol. The maximum absolute atomic E-state index is 6.96. The van der Waals surface area contributed by atoms with Crippen LogP contribution in [0.15, 0.2) is 176 Å². The Morgan fingerprint density at radius 2 is 1.19 bits per heavy atom. The fourth-order valence-corrected chi connectivity index (χ4v) is 8.78. The lowest BCUT2D eigenvalue weighted by Crippen LogP contribution is -2.37. The molecule has 4 heteroatoms. The van der Waals surface area contributed by atoms with Gasteiger partial charge >= 0.3 is 0 Å². The molecular formula is C48H32N2O2. The lowest BCUT2D eigenvalue weighted by Gasteiger charge is -2.45. The first kappa shape index (κ1) is 29.0. The first-order valence-corrected chi connectivity index (χ1v) is 17.8. The highest BCUT2D eigenvalue weighted by atomic mass is 16.5. The lowest BCUT2D eigenvalue weighted by molar-refractivity contribution is 0.399. The zero-order chi connectivity index (χ0) is 34.2.